The highest BCUT2D eigenvalue weighted by Crippen LogP contribution is 2.37. The van der Waals surface area contributed by atoms with Gasteiger partial charge in [-0.3, -0.25) is 4.79 Å². The number of amides is 1. The molecule has 0 atom stereocenters. The first-order chi connectivity index (χ1) is 12.4. The lowest BCUT2D eigenvalue weighted by molar-refractivity contribution is -0.143. The Labute approximate surface area is 155 Å². The van der Waals surface area contributed by atoms with Gasteiger partial charge < -0.3 is 15.3 Å². The van der Waals surface area contributed by atoms with Crippen LogP contribution in [-0.2, 0) is 9.59 Å². The van der Waals surface area contributed by atoms with E-state index in [1.54, 1.807) is 17.7 Å². The molecule has 2 aromatic heterocycles. The third-order valence-corrected chi connectivity index (χ3v) is 6.75. The van der Waals surface area contributed by atoms with Crippen LogP contribution >= 0.6 is 11.3 Å². The molecule has 0 unspecified atom stereocenters. The third-order valence-electron chi connectivity index (χ3n) is 5.63. The number of fused-ring (bicyclic) bond motifs is 1. The summed E-state index contributed by atoms with van der Waals surface area (Å²) < 4.78 is 0. The van der Waals surface area contributed by atoms with E-state index in [0.717, 1.165) is 29.1 Å². The fourth-order valence-corrected chi connectivity index (χ4v) is 4.60. The van der Waals surface area contributed by atoms with E-state index in [-0.39, 0.29) is 11.8 Å². The summed E-state index contributed by atoms with van der Waals surface area (Å²) in [4.78, 5) is 37.1. The molecule has 0 aromatic carbocycles. The van der Waals surface area contributed by atoms with E-state index in [0.29, 0.717) is 25.7 Å². The molecule has 3 heterocycles. The first kappa shape index (κ1) is 17.2. The van der Waals surface area contributed by atoms with Gasteiger partial charge in [0.15, 0.2) is 0 Å². The Balaban J connectivity index is 1.46. The smallest absolute Gasteiger partial charge is 0.329 e. The van der Waals surface area contributed by atoms with Crippen molar-refractivity contribution in [3.05, 3.63) is 16.8 Å². The van der Waals surface area contributed by atoms with Crippen LogP contribution in [0.4, 0.5) is 5.82 Å². The maximum Gasteiger partial charge on any atom is 0.329 e. The zero-order valence-corrected chi connectivity index (χ0v) is 15.7. The molecule has 2 fully saturated rings. The molecule has 1 amide bonds. The number of nitrogens with one attached hydrogen (secondary N) is 1. The van der Waals surface area contributed by atoms with Gasteiger partial charge in [0.2, 0.25) is 5.91 Å². The Hall–Kier alpha value is -2.22. The molecule has 26 heavy (non-hydrogen) atoms. The summed E-state index contributed by atoms with van der Waals surface area (Å²) in [5.74, 6) is -0.236. The second kappa shape index (κ2) is 6.19. The molecule has 8 heteroatoms. The number of carboxylic acid groups (broad SMARTS) is 1. The highest BCUT2D eigenvalue weighted by molar-refractivity contribution is 7.18. The molecule has 1 saturated heterocycles. The minimum absolute atomic E-state index is 0.125. The van der Waals surface area contributed by atoms with E-state index in [4.69, 9.17) is 0 Å². The SMILES string of the molecule is Cc1sc2ncnc(N3CCC(C(=O)NC4(C(=O)O)CC4)CC3)c2c1C. The average molecular weight is 374 g/mol. The number of carboxylic acids is 1. The topological polar surface area (TPSA) is 95.4 Å². The van der Waals surface area contributed by atoms with Crippen molar-refractivity contribution in [3.8, 4) is 0 Å². The Kier molecular flexibility index (Phi) is 4.10. The summed E-state index contributed by atoms with van der Waals surface area (Å²) in [5, 5.41) is 13.1. The van der Waals surface area contributed by atoms with Crippen LogP contribution in [0, 0.1) is 19.8 Å². The fraction of sp³-hybridized carbons (Fsp3) is 0.556. The molecule has 2 aliphatic rings. The molecule has 1 aliphatic carbocycles. The minimum Gasteiger partial charge on any atom is -0.480 e. The Morgan fingerprint density at radius 3 is 2.58 bits per heavy atom. The number of anilines is 1. The van der Waals surface area contributed by atoms with Gasteiger partial charge in [-0.1, -0.05) is 0 Å². The van der Waals surface area contributed by atoms with Gasteiger partial charge in [-0.25, -0.2) is 14.8 Å². The van der Waals surface area contributed by atoms with Crippen molar-refractivity contribution in [1.29, 1.82) is 0 Å². The van der Waals surface area contributed by atoms with Gasteiger partial charge in [0.25, 0.3) is 0 Å². The van der Waals surface area contributed by atoms with Gasteiger partial charge in [0.1, 0.15) is 22.5 Å². The molecule has 2 aromatic rings. The van der Waals surface area contributed by atoms with Gasteiger partial charge in [0, 0.05) is 23.9 Å². The summed E-state index contributed by atoms with van der Waals surface area (Å²) in [7, 11) is 0. The number of rotatable bonds is 4. The van der Waals surface area contributed by atoms with Crippen LogP contribution in [0.3, 0.4) is 0 Å². The summed E-state index contributed by atoms with van der Waals surface area (Å²) in [6.45, 7) is 5.66. The highest BCUT2D eigenvalue weighted by Gasteiger charge is 2.52. The predicted molar refractivity (Wildman–Crippen MR) is 99.6 cm³/mol. The van der Waals surface area contributed by atoms with Crippen molar-refractivity contribution in [3.63, 3.8) is 0 Å². The zero-order chi connectivity index (χ0) is 18.5. The van der Waals surface area contributed by atoms with E-state index < -0.39 is 11.5 Å². The molecule has 138 valence electrons. The molecule has 1 aliphatic heterocycles. The Bertz CT molecular complexity index is 882. The normalized spacial score (nSPS) is 19.5. The molecule has 7 nitrogen and oxygen atoms in total. The molecule has 0 radical (unpaired) electrons. The van der Waals surface area contributed by atoms with Crippen molar-refractivity contribution in [1.82, 2.24) is 15.3 Å². The van der Waals surface area contributed by atoms with Crippen molar-refractivity contribution in [2.75, 3.05) is 18.0 Å². The van der Waals surface area contributed by atoms with E-state index in [1.165, 1.54) is 10.4 Å². The van der Waals surface area contributed by atoms with Crippen LogP contribution in [0.2, 0.25) is 0 Å². The number of carbonyl (C=O) groups excluding carboxylic acids is 1. The number of piperidine rings is 1. The first-order valence-electron chi connectivity index (χ1n) is 8.92. The van der Waals surface area contributed by atoms with Crippen molar-refractivity contribution < 1.29 is 14.7 Å². The molecule has 1 saturated carbocycles. The summed E-state index contributed by atoms with van der Waals surface area (Å²) in [6.07, 6.45) is 4.07. The third kappa shape index (κ3) is 2.82. The number of hydrogen-bond acceptors (Lipinski definition) is 6. The molecule has 0 bridgehead atoms. The van der Waals surface area contributed by atoms with E-state index >= 15 is 0 Å². The number of aryl methyl sites for hydroxylation is 2. The molecular formula is C18H22N4O3S. The average Bonchev–Trinajstić information content (AvgIpc) is 3.36. The van der Waals surface area contributed by atoms with Crippen LogP contribution in [0.25, 0.3) is 10.2 Å². The molecule has 2 N–H and O–H groups in total. The van der Waals surface area contributed by atoms with E-state index in [1.807, 2.05) is 0 Å². The van der Waals surface area contributed by atoms with Crippen LogP contribution in [0.1, 0.15) is 36.1 Å². The quantitative estimate of drug-likeness (QED) is 0.852. The first-order valence-corrected chi connectivity index (χ1v) is 9.74. The molecular weight excluding hydrogens is 352 g/mol. The van der Waals surface area contributed by atoms with Gasteiger partial charge in [-0.2, -0.15) is 0 Å². The monoisotopic (exact) mass is 374 g/mol. The van der Waals surface area contributed by atoms with Crippen LogP contribution in [0.5, 0.6) is 0 Å². The van der Waals surface area contributed by atoms with E-state index in [9.17, 15) is 14.7 Å². The summed E-state index contributed by atoms with van der Waals surface area (Å²) in [6, 6.07) is 0. The van der Waals surface area contributed by atoms with Crippen LogP contribution < -0.4 is 10.2 Å². The van der Waals surface area contributed by atoms with E-state index in [2.05, 4.69) is 34.0 Å². The second-order valence-corrected chi connectivity index (χ2v) is 8.50. The lowest BCUT2D eigenvalue weighted by Crippen LogP contribution is -2.48. The lowest BCUT2D eigenvalue weighted by atomic mass is 9.95. The number of thiophene rings is 1. The number of hydrogen-bond donors (Lipinski definition) is 2. The van der Waals surface area contributed by atoms with Gasteiger partial charge in [0.05, 0.1) is 5.39 Å². The Morgan fingerprint density at radius 2 is 1.96 bits per heavy atom. The number of aliphatic carboxylic acids is 1. The van der Waals surface area contributed by atoms with Crippen LogP contribution in [-0.4, -0.2) is 45.6 Å². The Morgan fingerprint density at radius 1 is 1.27 bits per heavy atom. The van der Waals surface area contributed by atoms with Gasteiger partial charge in [-0.15, -0.1) is 11.3 Å². The van der Waals surface area contributed by atoms with Crippen molar-refractivity contribution in [2.24, 2.45) is 5.92 Å². The minimum atomic E-state index is -1.00. The standard InChI is InChI=1S/C18H22N4O3S/c1-10-11(2)26-16-13(10)14(19-9-20-16)22-7-3-12(4-8-22)15(23)21-18(5-6-18)17(24)25/h9,12H,3-8H2,1-2H3,(H,21,23)(H,24,25). The zero-order valence-electron chi connectivity index (χ0n) is 14.9. The van der Waals surface area contributed by atoms with Crippen molar-refractivity contribution >= 4 is 39.2 Å². The highest BCUT2D eigenvalue weighted by atomic mass is 32.1. The molecule has 4 rings (SSSR count). The van der Waals surface area contributed by atoms with Gasteiger partial charge in [-0.05, 0) is 45.1 Å². The van der Waals surface area contributed by atoms with Crippen LogP contribution in [0.15, 0.2) is 6.33 Å². The maximum absolute atomic E-state index is 12.5. The summed E-state index contributed by atoms with van der Waals surface area (Å²) >= 11 is 1.68. The largest absolute Gasteiger partial charge is 0.480 e. The maximum atomic E-state index is 12.5. The number of carbonyl (C=O) groups is 2. The lowest BCUT2D eigenvalue weighted by Gasteiger charge is -2.33. The summed E-state index contributed by atoms with van der Waals surface area (Å²) in [5.41, 5.74) is 0.218. The molecule has 0 spiro atoms. The number of aromatic nitrogens is 2. The van der Waals surface area contributed by atoms with Crippen molar-refractivity contribution in [2.45, 2.75) is 45.1 Å². The fourth-order valence-electron chi connectivity index (χ4n) is 3.61. The van der Waals surface area contributed by atoms with Gasteiger partial charge >= 0.3 is 5.97 Å². The predicted octanol–water partition coefficient (Wildman–Crippen LogP) is 2.26. The second-order valence-electron chi connectivity index (χ2n) is 7.30. The number of nitrogens with zero attached hydrogens (tertiary/aromatic N) is 3.